The Bertz CT molecular complexity index is 438. The summed E-state index contributed by atoms with van der Waals surface area (Å²) in [5.41, 5.74) is -0.0150. The van der Waals surface area contributed by atoms with Gasteiger partial charge < -0.3 is 14.8 Å². The summed E-state index contributed by atoms with van der Waals surface area (Å²) >= 11 is 0. The number of carbonyl (C=O) groups is 1. The van der Waals surface area contributed by atoms with Crippen LogP contribution in [-0.2, 0) is 14.3 Å². The summed E-state index contributed by atoms with van der Waals surface area (Å²) in [7, 11) is 0. The van der Waals surface area contributed by atoms with E-state index in [1.54, 1.807) is 0 Å². The molecule has 0 aromatic rings. The minimum atomic E-state index is -0.0327. The maximum absolute atomic E-state index is 12.5. The van der Waals surface area contributed by atoms with E-state index in [1.807, 2.05) is 0 Å². The van der Waals surface area contributed by atoms with Crippen molar-refractivity contribution >= 4 is 5.91 Å². The van der Waals surface area contributed by atoms with Crippen LogP contribution in [0, 0.1) is 0 Å². The molecule has 3 fully saturated rings. The van der Waals surface area contributed by atoms with E-state index in [-0.39, 0.29) is 17.0 Å². The van der Waals surface area contributed by atoms with Crippen molar-refractivity contribution in [1.29, 1.82) is 0 Å². The average molecular weight is 354 g/mol. The molecule has 0 aromatic carbocycles. The van der Waals surface area contributed by atoms with Crippen LogP contribution in [-0.4, -0.2) is 85.9 Å². The quantitative estimate of drug-likeness (QED) is 0.806. The van der Waals surface area contributed by atoms with E-state index < -0.39 is 0 Å². The van der Waals surface area contributed by atoms with Gasteiger partial charge in [0.15, 0.2) is 0 Å². The van der Waals surface area contributed by atoms with Gasteiger partial charge in [-0.05, 0) is 52.5 Å². The minimum absolute atomic E-state index is 0.0177. The molecule has 3 rings (SSSR count). The van der Waals surface area contributed by atoms with Gasteiger partial charge in [-0.25, -0.2) is 0 Å². The summed E-state index contributed by atoms with van der Waals surface area (Å²) in [5.74, 6) is 0.134. The molecule has 0 radical (unpaired) electrons. The molecule has 3 heterocycles. The lowest BCUT2D eigenvalue weighted by molar-refractivity contribution is -0.131. The van der Waals surface area contributed by atoms with E-state index in [0.717, 1.165) is 65.3 Å². The average Bonchev–Trinajstić information content (AvgIpc) is 2.62. The van der Waals surface area contributed by atoms with Gasteiger partial charge in [0.25, 0.3) is 0 Å². The third kappa shape index (κ3) is 5.16. The predicted molar refractivity (Wildman–Crippen MR) is 97.7 cm³/mol. The van der Waals surface area contributed by atoms with Gasteiger partial charge in [-0.15, -0.1) is 0 Å². The second-order valence-electron chi connectivity index (χ2n) is 8.49. The highest BCUT2D eigenvalue weighted by molar-refractivity contribution is 5.78. The van der Waals surface area contributed by atoms with Crippen LogP contribution in [0.2, 0.25) is 0 Å². The monoisotopic (exact) mass is 353 g/mol. The van der Waals surface area contributed by atoms with Gasteiger partial charge in [0.05, 0.1) is 25.4 Å². The van der Waals surface area contributed by atoms with Crippen LogP contribution in [0.15, 0.2) is 0 Å². The van der Waals surface area contributed by atoms with E-state index in [2.05, 4.69) is 29.0 Å². The van der Waals surface area contributed by atoms with Gasteiger partial charge in [0.2, 0.25) is 5.91 Å². The molecule has 0 aliphatic carbocycles. The summed E-state index contributed by atoms with van der Waals surface area (Å²) in [4.78, 5) is 17.2. The normalized spacial score (nSPS) is 29.7. The lowest BCUT2D eigenvalue weighted by atomic mass is 9.86. The van der Waals surface area contributed by atoms with E-state index in [4.69, 9.17) is 9.47 Å². The first-order valence-electron chi connectivity index (χ1n) is 9.95. The number of piperidine rings is 1. The summed E-state index contributed by atoms with van der Waals surface area (Å²) in [6, 6.07) is 0. The summed E-state index contributed by atoms with van der Waals surface area (Å²) in [6.45, 7) is 11.8. The molecule has 1 amide bonds. The topological polar surface area (TPSA) is 54.0 Å². The number of ether oxygens (including phenoxy) is 2. The van der Waals surface area contributed by atoms with Gasteiger partial charge in [-0.3, -0.25) is 14.6 Å². The maximum atomic E-state index is 12.5. The lowest BCUT2D eigenvalue weighted by Gasteiger charge is -2.45. The van der Waals surface area contributed by atoms with Crippen molar-refractivity contribution in [2.45, 2.75) is 57.1 Å². The van der Waals surface area contributed by atoms with E-state index in [1.165, 1.54) is 12.8 Å². The third-order valence-corrected chi connectivity index (χ3v) is 6.01. The van der Waals surface area contributed by atoms with Crippen molar-refractivity contribution in [3.63, 3.8) is 0 Å². The molecule has 0 saturated carbocycles. The smallest absolute Gasteiger partial charge is 0.234 e. The number of nitrogens with one attached hydrogen (secondary N) is 1. The zero-order valence-corrected chi connectivity index (χ0v) is 16.0. The van der Waals surface area contributed by atoms with Crippen LogP contribution in [0.5, 0.6) is 0 Å². The second kappa shape index (κ2) is 8.33. The van der Waals surface area contributed by atoms with Gasteiger partial charge in [-0.2, -0.15) is 0 Å². The van der Waals surface area contributed by atoms with Gasteiger partial charge in [-0.1, -0.05) is 0 Å². The number of nitrogens with zero attached hydrogens (tertiary/aromatic N) is 2. The first-order valence-corrected chi connectivity index (χ1v) is 9.95. The largest absolute Gasteiger partial charge is 0.379 e. The molecular formula is C19H35N3O3. The number of morpholine rings is 1. The molecule has 0 aromatic heterocycles. The SMILES string of the molecule is CC(C)(CNC(=O)CN1CCCC2(CCCCO2)C1)N1CCOCC1. The second-order valence-corrected chi connectivity index (χ2v) is 8.49. The van der Waals surface area contributed by atoms with Crippen molar-refractivity contribution in [2.75, 3.05) is 59.1 Å². The summed E-state index contributed by atoms with van der Waals surface area (Å²) in [5, 5.41) is 3.15. The van der Waals surface area contributed by atoms with Crippen LogP contribution in [0.25, 0.3) is 0 Å². The van der Waals surface area contributed by atoms with Crippen LogP contribution < -0.4 is 5.32 Å². The zero-order chi connectivity index (χ0) is 17.8. The zero-order valence-electron chi connectivity index (χ0n) is 16.0. The molecule has 1 N–H and O–H groups in total. The van der Waals surface area contributed by atoms with Crippen LogP contribution in [0.3, 0.4) is 0 Å². The molecule has 0 bridgehead atoms. The number of amides is 1. The summed E-state index contributed by atoms with van der Waals surface area (Å²) < 4.78 is 11.5. The molecule has 25 heavy (non-hydrogen) atoms. The Kier molecular flexibility index (Phi) is 6.36. The van der Waals surface area contributed by atoms with Crippen molar-refractivity contribution in [1.82, 2.24) is 15.1 Å². The van der Waals surface area contributed by atoms with Crippen LogP contribution in [0.4, 0.5) is 0 Å². The van der Waals surface area contributed by atoms with Gasteiger partial charge in [0, 0.05) is 38.3 Å². The number of likely N-dealkylation sites (tertiary alicyclic amines) is 1. The first kappa shape index (κ1) is 19.1. The minimum Gasteiger partial charge on any atom is -0.379 e. The fraction of sp³-hybridized carbons (Fsp3) is 0.947. The van der Waals surface area contributed by atoms with Crippen LogP contribution >= 0.6 is 0 Å². The maximum Gasteiger partial charge on any atom is 0.234 e. The van der Waals surface area contributed by atoms with E-state index in [0.29, 0.717) is 13.1 Å². The molecule has 3 aliphatic rings. The van der Waals surface area contributed by atoms with Crippen LogP contribution in [0.1, 0.15) is 46.0 Å². The highest BCUT2D eigenvalue weighted by atomic mass is 16.5. The third-order valence-electron chi connectivity index (χ3n) is 6.01. The van der Waals surface area contributed by atoms with Gasteiger partial charge >= 0.3 is 0 Å². The standard InChI is InChI=1S/C19H35N3O3/c1-18(2,22-9-12-24-13-10-22)15-20-17(23)14-21-8-5-7-19(16-21)6-3-4-11-25-19/h3-16H2,1-2H3,(H,20,23). The molecule has 1 atom stereocenters. The molecule has 3 aliphatic heterocycles. The van der Waals surface area contributed by atoms with Crippen molar-refractivity contribution in [3.8, 4) is 0 Å². The van der Waals surface area contributed by atoms with E-state index >= 15 is 0 Å². The molecule has 6 nitrogen and oxygen atoms in total. The van der Waals surface area contributed by atoms with E-state index in [9.17, 15) is 4.79 Å². The molecule has 3 saturated heterocycles. The van der Waals surface area contributed by atoms with Crippen molar-refractivity contribution in [3.05, 3.63) is 0 Å². The fourth-order valence-electron chi connectivity index (χ4n) is 4.41. The first-order chi connectivity index (χ1) is 12.0. The Balaban J connectivity index is 1.44. The molecule has 144 valence electrons. The highest BCUT2D eigenvalue weighted by Gasteiger charge is 2.38. The molecular weight excluding hydrogens is 318 g/mol. The fourth-order valence-corrected chi connectivity index (χ4v) is 4.41. The van der Waals surface area contributed by atoms with Gasteiger partial charge in [0.1, 0.15) is 0 Å². The number of carbonyl (C=O) groups excluding carboxylic acids is 1. The molecule has 1 unspecified atom stereocenters. The molecule has 1 spiro atoms. The lowest BCUT2D eigenvalue weighted by Crippen LogP contribution is -2.57. The highest BCUT2D eigenvalue weighted by Crippen LogP contribution is 2.33. The Morgan fingerprint density at radius 2 is 1.84 bits per heavy atom. The Morgan fingerprint density at radius 3 is 2.56 bits per heavy atom. The number of rotatable bonds is 5. The number of hydrogen-bond donors (Lipinski definition) is 1. The Hall–Kier alpha value is -0.690. The Labute approximate surface area is 152 Å². The Morgan fingerprint density at radius 1 is 1.08 bits per heavy atom. The van der Waals surface area contributed by atoms with Crippen molar-refractivity contribution in [2.24, 2.45) is 0 Å². The number of hydrogen-bond acceptors (Lipinski definition) is 5. The predicted octanol–water partition coefficient (Wildman–Crippen LogP) is 1.25. The molecule has 6 heteroatoms. The van der Waals surface area contributed by atoms with Crippen molar-refractivity contribution < 1.29 is 14.3 Å². The summed E-state index contributed by atoms with van der Waals surface area (Å²) in [6.07, 6.45) is 5.86.